The van der Waals surface area contributed by atoms with E-state index in [1.54, 1.807) is 0 Å². The number of carbonyl (C=O) groups is 2. The normalized spacial score (nSPS) is 17.5. The maximum atomic E-state index is 12.9. The first-order valence-corrected chi connectivity index (χ1v) is 10.7. The Labute approximate surface area is 178 Å². The smallest absolute Gasteiger partial charge is 0.321 e. The highest BCUT2D eigenvalue weighted by Crippen LogP contribution is 2.24. The van der Waals surface area contributed by atoms with Gasteiger partial charge in [-0.05, 0) is 49.4 Å². The summed E-state index contributed by atoms with van der Waals surface area (Å²) in [7, 11) is 0. The van der Waals surface area contributed by atoms with Gasteiger partial charge in [0.1, 0.15) is 0 Å². The van der Waals surface area contributed by atoms with Gasteiger partial charge in [0.2, 0.25) is 0 Å². The highest BCUT2D eigenvalue weighted by Gasteiger charge is 2.36. The molecule has 0 atom stereocenters. The van der Waals surface area contributed by atoms with Crippen molar-refractivity contribution in [3.8, 4) is 0 Å². The van der Waals surface area contributed by atoms with Gasteiger partial charge in [0, 0.05) is 44.5 Å². The number of benzene rings is 2. The van der Waals surface area contributed by atoms with E-state index in [1.807, 2.05) is 64.9 Å². The molecule has 2 aliphatic heterocycles. The first-order valence-electron chi connectivity index (χ1n) is 10.7. The predicted molar refractivity (Wildman–Crippen MR) is 118 cm³/mol. The largest absolute Gasteiger partial charge is 0.324 e. The van der Waals surface area contributed by atoms with Crippen LogP contribution in [0.15, 0.2) is 48.5 Å². The lowest BCUT2D eigenvalue weighted by molar-refractivity contribution is 0.139. The fourth-order valence-corrected chi connectivity index (χ4v) is 4.35. The van der Waals surface area contributed by atoms with Crippen LogP contribution in [0, 0.1) is 13.8 Å². The fraction of sp³-hybridized carbons (Fsp3) is 0.417. The lowest BCUT2D eigenvalue weighted by atomic mass is 10.0. The number of hydrogen-bond acceptors (Lipinski definition) is 2. The number of amides is 4. The lowest BCUT2D eigenvalue weighted by Crippen LogP contribution is -2.49. The number of nitrogens with zero attached hydrogens (tertiary/aromatic N) is 3. The minimum atomic E-state index is -0.0550. The standard InChI is InChI=1S/C24H30N4O2/c1-18-7-6-10-22(19(18)2)25-23(29)26-13-11-21(12-14-26)28-16-15-27(24(28)30)17-20-8-4-3-5-9-20/h3-10,21H,11-17H2,1-2H3,(H,25,29). The van der Waals surface area contributed by atoms with Crippen molar-refractivity contribution in [3.63, 3.8) is 0 Å². The second-order valence-electron chi connectivity index (χ2n) is 8.28. The molecule has 2 saturated heterocycles. The molecule has 4 rings (SSSR count). The van der Waals surface area contributed by atoms with Crippen molar-refractivity contribution >= 4 is 17.7 Å². The molecular formula is C24H30N4O2. The van der Waals surface area contributed by atoms with Gasteiger partial charge in [-0.2, -0.15) is 0 Å². The number of nitrogens with one attached hydrogen (secondary N) is 1. The van der Waals surface area contributed by atoms with Crippen molar-refractivity contribution in [1.82, 2.24) is 14.7 Å². The first kappa shape index (κ1) is 20.3. The lowest BCUT2D eigenvalue weighted by Gasteiger charge is -2.36. The maximum absolute atomic E-state index is 12.9. The van der Waals surface area contributed by atoms with Crippen LogP contribution in [0.1, 0.15) is 29.5 Å². The van der Waals surface area contributed by atoms with Crippen LogP contribution in [-0.2, 0) is 6.54 Å². The van der Waals surface area contributed by atoms with Gasteiger partial charge in [-0.25, -0.2) is 9.59 Å². The summed E-state index contributed by atoms with van der Waals surface area (Å²) in [6.07, 6.45) is 1.65. The molecule has 158 valence electrons. The summed E-state index contributed by atoms with van der Waals surface area (Å²) in [6, 6.07) is 16.4. The van der Waals surface area contributed by atoms with Gasteiger partial charge in [-0.3, -0.25) is 0 Å². The number of urea groups is 2. The Morgan fingerprint density at radius 1 is 0.967 bits per heavy atom. The number of anilines is 1. The summed E-state index contributed by atoms with van der Waals surface area (Å²) in [5.41, 5.74) is 4.29. The van der Waals surface area contributed by atoms with Crippen molar-refractivity contribution in [2.24, 2.45) is 0 Å². The molecule has 0 unspecified atom stereocenters. The molecule has 2 aliphatic rings. The van der Waals surface area contributed by atoms with Gasteiger partial charge < -0.3 is 20.0 Å². The van der Waals surface area contributed by atoms with Crippen molar-refractivity contribution < 1.29 is 9.59 Å². The zero-order valence-electron chi connectivity index (χ0n) is 17.8. The predicted octanol–water partition coefficient (Wildman–Crippen LogP) is 4.24. The summed E-state index contributed by atoms with van der Waals surface area (Å²) in [5, 5.41) is 3.05. The molecule has 0 aliphatic carbocycles. The molecule has 0 aromatic heterocycles. The molecule has 4 amide bonds. The molecule has 0 saturated carbocycles. The van der Waals surface area contributed by atoms with Crippen LogP contribution >= 0.6 is 0 Å². The number of hydrogen-bond donors (Lipinski definition) is 1. The van der Waals surface area contributed by atoms with Gasteiger partial charge in [0.05, 0.1) is 0 Å². The van der Waals surface area contributed by atoms with Gasteiger partial charge in [-0.1, -0.05) is 42.5 Å². The molecule has 0 spiro atoms. The summed E-state index contributed by atoms with van der Waals surface area (Å²) in [6.45, 7) is 7.61. The van der Waals surface area contributed by atoms with E-state index < -0.39 is 0 Å². The topological polar surface area (TPSA) is 55.9 Å². The molecule has 6 heteroatoms. The number of likely N-dealkylation sites (tertiary alicyclic amines) is 1. The van der Waals surface area contributed by atoms with E-state index in [0.717, 1.165) is 42.7 Å². The SMILES string of the molecule is Cc1cccc(NC(=O)N2CCC(N3CCN(Cc4ccccc4)C3=O)CC2)c1C. The third kappa shape index (κ3) is 4.27. The van der Waals surface area contributed by atoms with Crippen LogP contribution in [0.25, 0.3) is 0 Å². The zero-order valence-corrected chi connectivity index (χ0v) is 17.8. The monoisotopic (exact) mass is 406 g/mol. The first-order chi connectivity index (χ1) is 14.5. The maximum Gasteiger partial charge on any atom is 0.321 e. The van der Waals surface area contributed by atoms with Crippen LogP contribution in [-0.4, -0.2) is 59.0 Å². The van der Waals surface area contributed by atoms with Crippen molar-refractivity contribution in [2.75, 3.05) is 31.5 Å². The molecule has 6 nitrogen and oxygen atoms in total. The van der Waals surface area contributed by atoms with Gasteiger partial charge >= 0.3 is 12.1 Å². The third-order valence-electron chi connectivity index (χ3n) is 6.38. The van der Waals surface area contributed by atoms with Crippen molar-refractivity contribution in [1.29, 1.82) is 0 Å². The van der Waals surface area contributed by atoms with E-state index in [2.05, 4.69) is 17.4 Å². The Morgan fingerprint density at radius 2 is 1.70 bits per heavy atom. The third-order valence-corrected chi connectivity index (χ3v) is 6.38. The summed E-state index contributed by atoms with van der Waals surface area (Å²) < 4.78 is 0. The molecule has 1 N–H and O–H groups in total. The highest BCUT2D eigenvalue weighted by molar-refractivity contribution is 5.90. The van der Waals surface area contributed by atoms with Crippen LogP contribution in [0.4, 0.5) is 15.3 Å². The van der Waals surface area contributed by atoms with E-state index in [9.17, 15) is 9.59 Å². The number of piperidine rings is 1. The van der Waals surface area contributed by atoms with Gasteiger partial charge in [-0.15, -0.1) is 0 Å². The van der Waals surface area contributed by atoms with E-state index in [-0.39, 0.29) is 18.1 Å². The molecule has 2 fully saturated rings. The van der Waals surface area contributed by atoms with Crippen LogP contribution < -0.4 is 5.32 Å². The molecular weight excluding hydrogens is 376 g/mol. The fourth-order valence-electron chi connectivity index (χ4n) is 4.35. The zero-order chi connectivity index (χ0) is 21.1. The number of carbonyl (C=O) groups excluding carboxylic acids is 2. The number of aryl methyl sites for hydroxylation is 1. The van der Waals surface area contributed by atoms with E-state index in [0.29, 0.717) is 19.6 Å². The molecule has 0 radical (unpaired) electrons. The molecule has 0 bridgehead atoms. The van der Waals surface area contributed by atoms with E-state index in [1.165, 1.54) is 5.56 Å². The quantitative estimate of drug-likeness (QED) is 0.826. The second-order valence-corrected chi connectivity index (χ2v) is 8.28. The van der Waals surface area contributed by atoms with Crippen molar-refractivity contribution in [3.05, 3.63) is 65.2 Å². The molecule has 2 aromatic rings. The van der Waals surface area contributed by atoms with E-state index >= 15 is 0 Å². The van der Waals surface area contributed by atoms with Crippen LogP contribution in [0.3, 0.4) is 0 Å². The minimum absolute atomic E-state index is 0.0550. The highest BCUT2D eigenvalue weighted by atomic mass is 16.2. The number of rotatable bonds is 4. The average Bonchev–Trinajstić information content (AvgIpc) is 3.12. The Hall–Kier alpha value is -3.02. The van der Waals surface area contributed by atoms with Crippen molar-refractivity contribution in [2.45, 2.75) is 39.3 Å². The van der Waals surface area contributed by atoms with Gasteiger partial charge in [0.25, 0.3) is 0 Å². The van der Waals surface area contributed by atoms with Gasteiger partial charge in [0.15, 0.2) is 0 Å². The molecule has 2 aromatic carbocycles. The molecule has 2 heterocycles. The van der Waals surface area contributed by atoms with Crippen LogP contribution in [0.5, 0.6) is 0 Å². The minimum Gasteiger partial charge on any atom is -0.324 e. The summed E-state index contributed by atoms with van der Waals surface area (Å²) in [5.74, 6) is 0. The van der Waals surface area contributed by atoms with E-state index in [4.69, 9.17) is 0 Å². The Morgan fingerprint density at radius 3 is 2.43 bits per heavy atom. The molecule has 30 heavy (non-hydrogen) atoms. The Bertz CT molecular complexity index is 907. The van der Waals surface area contributed by atoms with Crippen LogP contribution in [0.2, 0.25) is 0 Å². The average molecular weight is 407 g/mol. The summed E-state index contributed by atoms with van der Waals surface area (Å²) >= 11 is 0. The summed E-state index contributed by atoms with van der Waals surface area (Å²) in [4.78, 5) is 31.4. The Balaban J connectivity index is 1.29. The second kappa shape index (κ2) is 8.78. The Kier molecular flexibility index (Phi) is 5.93.